The lowest BCUT2D eigenvalue weighted by atomic mass is 10.1. The van der Waals surface area contributed by atoms with Crippen LogP contribution in [0.15, 0.2) is 0 Å². The molecule has 0 unspecified atom stereocenters. The third kappa shape index (κ3) is 19.3. The molecule has 0 aliphatic carbocycles. The van der Waals surface area contributed by atoms with E-state index in [4.69, 9.17) is 14.2 Å². The fourth-order valence-electron chi connectivity index (χ4n) is 2.10. The predicted molar refractivity (Wildman–Crippen MR) is 94.7 cm³/mol. The first-order chi connectivity index (χ1) is 11.2. The second-order valence-corrected chi connectivity index (χ2v) is 6.50. The largest absolute Gasteiger partial charge is 0.466 e. The van der Waals surface area contributed by atoms with Crippen LogP contribution < -0.4 is 0 Å². The number of hydrogen-bond donors (Lipinski definition) is 0. The summed E-state index contributed by atoms with van der Waals surface area (Å²) in [4.78, 5) is 11.5. The van der Waals surface area contributed by atoms with E-state index in [0.717, 1.165) is 32.3 Å². The Hall–Kier alpha value is -0.610. The molecule has 23 heavy (non-hydrogen) atoms. The fourth-order valence-corrected chi connectivity index (χ4v) is 2.10. The number of unbranched alkanes of at least 4 members (excludes halogenated alkanes) is 5. The van der Waals surface area contributed by atoms with E-state index >= 15 is 0 Å². The third-order valence-corrected chi connectivity index (χ3v) is 3.64. The van der Waals surface area contributed by atoms with Gasteiger partial charge < -0.3 is 14.2 Å². The molecule has 4 heteroatoms. The van der Waals surface area contributed by atoms with Crippen LogP contribution in [0.3, 0.4) is 0 Å². The minimum atomic E-state index is -0.102. The fraction of sp³-hybridized carbons (Fsp3) is 0.947. The van der Waals surface area contributed by atoms with E-state index in [1.54, 1.807) is 0 Å². The molecule has 0 spiro atoms. The highest BCUT2D eigenvalue weighted by Crippen LogP contribution is 2.05. The van der Waals surface area contributed by atoms with E-state index in [1.807, 2.05) is 0 Å². The van der Waals surface area contributed by atoms with Crippen molar-refractivity contribution in [1.82, 2.24) is 0 Å². The van der Waals surface area contributed by atoms with Gasteiger partial charge in [0, 0.05) is 19.6 Å². The molecule has 0 bridgehead atoms. The van der Waals surface area contributed by atoms with Gasteiger partial charge in [0.25, 0.3) is 0 Å². The van der Waals surface area contributed by atoms with Crippen LogP contribution in [0, 0.1) is 5.92 Å². The molecule has 0 radical (unpaired) electrons. The molecule has 138 valence electrons. The number of carbonyl (C=O) groups excluding carboxylic acids is 1. The van der Waals surface area contributed by atoms with Crippen molar-refractivity contribution >= 4 is 5.97 Å². The van der Waals surface area contributed by atoms with E-state index in [0.29, 0.717) is 38.8 Å². The monoisotopic (exact) mass is 330 g/mol. The Balaban J connectivity index is 3.15. The van der Waals surface area contributed by atoms with Crippen molar-refractivity contribution in [1.29, 1.82) is 0 Å². The maximum atomic E-state index is 11.5. The number of carbonyl (C=O) groups is 1. The molecule has 0 atom stereocenters. The maximum Gasteiger partial charge on any atom is 0.305 e. The summed E-state index contributed by atoms with van der Waals surface area (Å²) >= 11 is 0. The van der Waals surface area contributed by atoms with Gasteiger partial charge in [-0.1, -0.05) is 52.9 Å². The zero-order valence-electron chi connectivity index (χ0n) is 15.6. The van der Waals surface area contributed by atoms with Gasteiger partial charge in [-0.25, -0.2) is 0 Å². The molecule has 0 aliphatic heterocycles. The second kappa shape index (κ2) is 17.7. The van der Waals surface area contributed by atoms with Gasteiger partial charge in [-0.15, -0.1) is 0 Å². The minimum Gasteiger partial charge on any atom is -0.466 e. The van der Waals surface area contributed by atoms with Crippen LogP contribution >= 0.6 is 0 Å². The molecule has 0 saturated carbocycles. The molecular formula is C19H38O4. The van der Waals surface area contributed by atoms with Crippen molar-refractivity contribution < 1.29 is 19.0 Å². The lowest BCUT2D eigenvalue weighted by Gasteiger charge is -2.07. The summed E-state index contributed by atoms with van der Waals surface area (Å²) in [5, 5.41) is 0. The van der Waals surface area contributed by atoms with Gasteiger partial charge in [0.1, 0.15) is 0 Å². The second-order valence-electron chi connectivity index (χ2n) is 6.50. The first kappa shape index (κ1) is 22.4. The maximum absolute atomic E-state index is 11.5. The highest BCUT2D eigenvalue weighted by atomic mass is 16.5. The first-order valence-corrected chi connectivity index (χ1v) is 9.48. The smallest absolute Gasteiger partial charge is 0.305 e. The third-order valence-electron chi connectivity index (χ3n) is 3.64. The Morgan fingerprint density at radius 3 is 2.13 bits per heavy atom. The predicted octanol–water partition coefficient (Wildman–Crippen LogP) is 4.75. The van der Waals surface area contributed by atoms with Crippen LogP contribution in [0.5, 0.6) is 0 Å². The average molecular weight is 331 g/mol. The topological polar surface area (TPSA) is 44.8 Å². The standard InChI is InChI=1S/C19H38O4/c1-4-5-6-7-8-9-14-23-19(20)11-10-13-21-16-17-22-15-12-18(2)3/h18H,4-17H2,1-3H3. The molecule has 0 fully saturated rings. The lowest BCUT2D eigenvalue weighted by Crippen LogP contribution is -2.10. The Morgan fingerprint density at radius 1 is 0.783 bits per heavy atom. The molecular weight excluding hydrogens is 292 g/mol. The zero-order valence-corrected chi connectivity index (χ0v) is 15.6. The van der Waals surface area contributed by atoms with Crippen molar-refractivity contribution in [2.75, 3.05) is 33.0 Å². The Morgan fingerprint density at radius 2 is 1.43 bits per heavy atom. The highest BCUT2D eigenvalue weighted by Gasteiger charge is 2.02. The quantitative estimate of drug-likeness (QED) is 0.285. The van der Waals surface area contributed by atoms with E-state index < -0.39 is 0 Å². The Labute approximate surface area is 143 Å². The van der Waals surface area contributed by atoms with Crippen molar-refractivity contribution in [3.8, 4) is 0 Å². The Bertz CT molecular complexity index is 254. The van der Waals surface area contributed by atoms with E-state index in [2.05, 4.69) is 20.8 Å². The molecule has 0 aromatic carbocycles. The van der Waals surface area contributed by atoms with Crippen molar-refractivity contribution in [2.24, 2.45) is 5.92 Å². The molecule has 0 rings (SSSR count). The van der Waals surface area contributed by atoms with Crippen LogP contribution in [0.1, 0.15) is 78.6 Å². The van der Waals surface area contributed by atoms with E-state index in [1.165, 1.54) is 25.7 Å². The molecule has 0 saturated heterocycles. The van der Waals surface area contributed by atoms with Gasteiger partial charge in [0.2, 0.25) is 0 Å². The molecule has 0 N–H and O–H groups in total. The van der Waals surface area contributed by atoms with Crippen LogP contribution in [0.25, 0.3) is 0 Å². The van der Waals surface area contributed by atoms with Crippen molar-refractivity contribution in [2.45, 2.75) is 78.6 Å². The van der Waals surface area contributed by atoms with Gasteiger partial charge in [-0.2, -0.15) is 0 Å². The SMILES string of the molecule is CCCCCCCCOC(=O)CCCOCCOCCC(C)C. The first-order valence-electron chi connectivity index (χ1n) is 9.48. The van der Waals surface area contributed by atoms with Crippen LogP contribution in [0.2, 0.25) is 0 Å². The number of rotatable bonds is 17. The van der Waals surface area contributed by atoms with Gasteiger partial charge >= 0.3 is 5.97 Å². The molecule has 0 aromatic heterocycles. The summed E-state index contributed by atoms with van der Waals surface area (Å²) in [5.41, 5.74) is 0. The highest BCUT2D eigenvalue weighted by molar-refractivity contribution is 5.69. The molecule has 4 nitrogen and oxygen atoms in total. The normalized spacial score (nSPS) is 11.1. The number of ether oxygens (including phenoxy) is 3. The minimum absolute atomic E-state index is 0.102. The summed E-state index contributed by atoms with van der Waals surface area (Å²) in [6.07, 6.45) is 9.52. The Kier molecular flexibility index (Phi) is 17.3. The number of hydrogen-bond acceptors (Lipinski definition) is 4. The van der Waals surface area contributed by atoms with E-state index in [9.17, 15) is 4.79 Å². The van der Waals surface area contributed by atoms with Crippen molar-refractivity contribution in [3.63, 3.8) is 0 Å². The molecule has 0 aliphatic rings. The summed E-state index contributed by atoms with van der Waals surface area (Å²) in [6, 6.07) is 0. The van der Waals surface area contributed by atoms with Crippen LogP contribution in [-0.4, -0.2) is 39.0 Å². The number of esters is 1. The zero-order chi connectivity index (χ0) is 17.2. The van der Waals surface area contributed by atoms with Crippen molar-refractivity contribution in [3.05, 3.63) is 0 Å². The van der Waals surface area contributed by atoms with Crippen LogP contribution in [-0.2, 0) is 19.0 Å². The van der Waals surface area contributed by atoms with Crippen LogP contribution in [0.4, 0.5) is 0 Å². The van der Waals surface area contributed by atoms with Gasteiger partial charge in [-0.3, -0.25) is 4.79 Å². The average Bonchev–Trinajstić information content (AvgIpc) is 2.52. The van der Waals surface area contributed by atoms with Gasteiger partial charge in [-0.05, 0) is 25.2 Å². The summed E-state index contributed by atoms with van der Waals surface area (Å²) in [5.74, 6) is 0.577. The summed E-state index contributed by atoms with van der Waals surface area (Å²) < 4.78 is 16.1. The van der Waals surface area contributed by atoms with E-state index in [-0.39, 0.29) is 5.97 Å². The molecule has 0 heterocycles. The molecule has 0 aromatic rings. The molecule has 0 amide bonds. The summed E-state index contributed by atoms with van der Waals surface area (Å²) in [7, 11) is 0. The van der Waals surface area contributed by atoms with Gasteiger partial charge in [0.15, 0.2) is 0 Å². The lowest BCUT2D eigenvalue weighted by molar-refractivity contribution is -0.144. The van der Waals surface area contributed by atoms with Gasteiger partial charge in [0.05, 0.1) is 19.8 Å². The summed E-state index contributed by atoms with van der Waals surface area (Å²) in [6.45, 7) is 9.78.